The first-order valence-corrected chi connectivity index (χ1v) is 7.89. The SMILES string of the molecule is CCCOc1nc(NC)nc(Sc2ccc(Cl)c(Cl)c2)n1. The molecule has 0 fully saturated rings. The zero-order chi connectivity index (χ0) is 15.2. The first kappa shape index (κ1) is 16.1. The fraction of sp³-hybridized carbons (Fsp3) is 0.308. The zero-order valence-electron chi connectivity index (χ0n) is 11.6. The van der Waals surface area contributed by atoms with Gasteiger partial charge in [0.15, 0.2) is 0 Å². The van der Waals surface area contributed by atoms with Gasteiger partial charge in [0.05, 0.1) is 16.7 Å². The summed E-state index contributed by atoms with van der Waals surface area (Å²) in [6.07, 6.45) is 0.885. The number of hydrogen-bond donors (Lipinski definition) is 1. The van der Waals surface area contributed by atoms with Crippen molar-refractivity contribution < 1.29 is 4.74 Å². The first-order valence-electron chi connectivity index (χ1n) is 6.32. The molecule has 2 rings (SSSR count). The van der Waals surface area contributed by atoms with Gasteiger partial charge in [-0.15, -0.1) is 0 Å². The summed E-state index contributed by atoms with van der Waals surface area (Å²) >= 11 is 13.3. The molecular formula is C13H14Cl2N4OS. The lowest BCUT2D eigenvalue weighted by molar-refractivity contribution is 0.288. The topological polar surface area (TPSA) is 59.9 Å². The maximum absolute atomic E-state index is 6.00. The third-order valence-corrected chi connectivity index (χ3v) is 3.95. The molecule has 112 valence electrons. The second kappa shape index (κ2) is 7.68. The normalized spacial score (nSPS) is 10.5. The lowest BCUT2D eigenvalue weighted by Crippen LogP contribution is -2.05. The van der Waals surface area contributed by atoms with E-state index in [-0.39, 0.29) is 0 Å². The first-order chi connectivity index (χ1) is 10.1. The summed E-state index contributed by atoms with van der Waals surface area (Å²) < 4.78 is 5.46. The number of aromatic nitrogens is 3. The molecule has 0 bridgehead atoms. The van der Waals surface area contributed by atoms with Gasteiger partial charge in [-0.2, -0.15) is 15.0 Å². The number of rotatable bonds is 6. The zero-order valence-corrected chi connectivity index (χ0v) is 13.9. The Labute approximate surface area is 137 Å². The molecule has 0 aliphatic heterocycles. The molecule has 0 saturated carbocycles. The summed E-state index contributed by atoms with van der Waals surface area (Å²) in [4.78, 5) is 13.6. The van der Waals surface area contributed by atoms with Gasteiger partial charge >= 0.3 is 6.01 Å². The maximum atomic E-state index is 6.00. The van der Waals surface area contributed by atoms with Crippen molar-refractivity contribution in [1.29, 1.82) is 0 Å². The van der Waals surface area contributed by atoms with E-state index in [4.69, 9.17) is 27.9 Å². The average molecular weight is 345 g/mol. The van der Waals surface area contributed by atoms with Crippen LogP contribution in [0.3, 0.4) is 0 Å². The van der Waals surface area contributed by atoms with E-state index < -0.39 is 0 Å². The molecular weight excluding hydrogens is 331 g/mol. The van der Waals surface area contributed by atoms with E-state index in [1.807, 2.05) is 13.0 Å². The standard InChI is InChI=1S/C13H14Cl2N4OS/c1-3-6-20-12-17-11(16-2)18-13(19-12)21-8-4-5-9(14)10(15)7-8/h4-5,7H,3,6H2,1-2H3,(H,16,17,18,19). The van der Waals surface area contributed by atoms with Crippen molar-refractivity contribution in [3.8, 4) is 6.01 Å². The van der Waals surface area contributed by atoms with Gasteiger partial charge < -0.3 is 10.1 Å². The van der Waals surface area contributed by atoms with Gasteiger partial charge in [-0.05, 0) is 36.4 Å². The Morgan fingerprint density at radius 2 is 2.00 bits per heavy atom. The Hall–Kier alpha value is -1.24. The summed E-state index contributed by atoms with van der Waals surface area (Å²) in [5, 5.41) is 4.42. The van der Waals surface area contributed by atoms with E-state index in [0.29, 0.717) is 33.8 Å². The molecule has 0 saturated heterocycles. The molecule has 1 heterocycles. The highest BCUT2D eigenvalue weighted by atomic mass is 35.5. The summed E-state index contributed by atoms with van der Waals surface area (Å²) in [5.74, 6) is 0.457. The lowest BCUT2D eigenvalue weighted by atomic mass is 10.4. The number of halogens is 2. The van der Waals surface area contributed by atoms with Gasteiger partial charge in [-0.1, -0.05) is 30.1 Å². The van der Waals surface area contributed by atoms with Gasteiger partial charge in [0, 0.05) is 11.9 Å². The Kier molecular flexibility index (Phi) is 5.90. The highest BCUT2D eigenvalue weighted by Crippen LogP contribution is 2.31. The van der Waals surface area contributed by atoms with Gasteiger partial charge in [0.25, 0.3) is 0 Å². The smallest absolute Gasteiger partial charge is 0.322 e. The number of hydrogen-bond acceptors (Lipinski definition) is 6. The number of benzene rings is 1. The van der Waals surface area contributed by atoms with Crippen LogP contribution in [0.15, 0.2) is 28.3 Å². The largest absolute Gasteiger partial charge is 0.463 e. The predicted octanol–water partition coefficient (Wildman–Crippen LogP) is 4.16. The molecule has 0 unspecified atom stereocenters. The second-order valence-corrected chi connectivity index (χ2v) is 5.86. The van der Waals surface area contributed by atoms with Crippen LogP contribution in [0.4, 0.5) is 5.95 Å². The van der Waals surface area contributed by atoms with Crippen molar-refractivity contribution in [3.05, 3.63) is 28.2 Å². The van der Waals surface area contributed by atoms with Gasteiger partial charge in [0.2, 0.25) is 11.1 Å². The van der Waals surface area contributed by atoms with Crippen LogP contribution in [0.25, 0.3) is 0 Å². The van der Waals surface area contributed by atoms with Crippen molar-refractivity contribution >= 4 is 40.9 Å². The van der Waals surface area contributed by atoms with Crippen LogP contribution < -0.4 is 10.1 Å². The number of nitrogens with zero attached hydrogens (tertiary/aromatic N) is 3. The summed E-state index contributed by atoms with van der Waals surface area (Å²) in [6, 6.07) is 5.66. The molecule has 0 aliphatic rings. The molecule has 2 aromatic rings. The molecule has 0 radical (unpaired) electrons. The van der Waals surface area contributed by atoms with Crippen LogP contribution in [0.1, 0.15) is 13.3 Å². The third-order valence-electron chi connectivity index (χ3n) is 2.35. The lowest BCUT2D eigenvalue weighted by Gasteiger charge is -2.07. The average Bonchev–Trinajstić information content (AvgIpc) is 2.48. The van der Waals surface area contributed by atoms with Gasteiger partial charge in [0.1, 0.15) is 0 Å². The Balaban J connectivity index is 2.23. The molecule has 8 heteroatoms. The minimum absolute atomic E-state index is 0.304. The number of anilines is 1. The molecule has 21 heavy (non-hydrogen) atoms. The minimum Gasteiger partial charge on any atom is -0.463 e. The molecule has 1 N–H and O–H groups in total. The van der Waals surface area contributed by atoms with E-state index in [2.05, 4.69) is 20.3 Å². The van der Waals surface area contributed by atoms with E-state index >= 15 is 0 Å². The third kappa shape index (κ3) is 4.62. The Bertz CT molecular complexity index is 627. The van der Waals surface area contributed by atoms with E-state index in [0.717, 1.165) is 11.3 Å². The number of nitrogens with one attached hydrogen (secondary N) is 1. The van der Waals surface area contributed by atoms with Gasteiger partial charge in [-0.25, -0.2) is 0 Å². The summed E-state index contributed by atoms with van der Waals surface area (Å²) in [7, 11) is 1.74. The van der Waals surface area contributed by atoms with Crippen molar-refractivity contribution in [2.45, 2.75) is 23.4 Å². The Morgan fingerprint density at radius 1 is 1.19 bits per heavy atom. The molecule has 5 nitrogen and oxygen atoms in total. The van der Waals surface area contributed by atoms with Crippen molar-refractivity contribution in [1.82, 2.24) is 15.0 Å². The molecule has 0 atom stereocenters. The monoisotopic (exact) mass is 344 g/mol. The van der Waals surface area contributed by atoms with Crippen molar-refractivity contribution in [3.63, 3.8) is 0 Å². The molecule has 1 aromatic heterocycles. The van der Waals surface area contributed by atoms with Crippen LogP contribution in [-0.2, 0) is 0 Å². The van der Waals surface area contributed by atoms with E-state index in [1.165, 1.54) is 11.8 Å². The van der Waals surface area contributed by atoms with E-state index in [9.17, 15) is 0 Å². The molecule has 1 aromatic carbocycles. The van der Waals surface area contributed by atoms with Crippen LogP contribution in [0.2, 0.25) is 10.0 Å². The molecule has 0 amide bonds. The van der Waals surface area contributed by atoms with Crippen LogP contribution in [0, 0.1) is 0 Å². The Morgan fingerprint density at radius 3 is 2.67 bits per heavy atom. The van der Waals surface area contributed by atoms with Crippen molar-refractivity contribution in [2.24, 2.45) is 0 Å². The molecule has 0 spiro atoms. The fourth-order valence-corrected chi connectivity index (χ4v) is 2.54. The quantitative estimate of drug-likeness (QED) is 0.848. The second-order valence-electron chi connectivity index (χ2n) is 4.00. The molecule has 0 aliphatic carbocycles. The maximum Gasteiger partial charge on any atom is 0.322 e. The predicted molar refractivity (Wildman–Crippen MR) is 85.7 cm³/mol. The van der Waals surface area contributed by atoms with Crippen LogP contribution >= 0.6 is 35.0 Å². The van der Waals surface area contributed by atoms with Gasteiger partial charge in [-0.3, -0.25) is 0 Å². The van der Waals surface area contributed by atoms with Crippen LogP contribution in [0.5, 0.6) is 6.01 Å². The highest BCUT2D eigenvalue weighted by molar-refractivity contribution is 7.99. The van der Waals surface area contributed by atoms with Crippen molar-refractivity contribution in [2.75, 3.05) is 19.0 Å². The highest BCUT2D eigenvalue weighted by Gasteiger charge is 2.09. The summed E-state index contributed by atoms with van der Waals surface area (Å²) in [6.45, 7) is 2.58. The fourth-order valence-electron chi connectivity index (χ4n) is 1.40. The van der Waals surface area contributed by atoms with Crippen LogP contribution in [-0.4, -0.2) is 28.6 Å². The van der Waals surface area contributed by atoms with E-state index in [1.54, 1.807) is 19.2 Å². The summed E-state index contributed by atoms with van der Waals surface area (Å²) in [5.41, 5.74) is 0. The number of ether oxygens (including phenoxy) is 1. The minimum atomic E-state index is 0.304.